The Hall–Kier alpha value is -0.680. The van der Waals surface area contributed by atoms with Gasteiger partial charge >= 0.3 is 0 Å². The van der Waals surface area contributed by atoms with E-state index in [0.717, 1.165) is 6.54 Å². The Balaban J connectivity index is 1.89. The monoisotopic (exact) mass is 156 g/mol. The van der Waals surface area contributed by atoms with Gasteiger partial charge in [-0.15, -0.1) is 4.41 Å². The number of hydrazine groups is 1. The normalized spacial score (nSPS) is 30.6. The standard InChI is InChI=1S/C5H8N4S/c1-2-10-9(8-1)5-3-6-4-7-5/h1-2,4-5,8H,3H2,(H,6,7). The third kappa shape index (κ3) is 0.975. The number of hydrogen-bond donors (Lipinski definition) is 2. The lowest BCUT2D eigenvalue weighted by Crippen LogP contribution is -2.43. The fourth-order valence-electron chi connectivity index (χ4n) is 0.880. The number of nitrogens with one attached hydrogen (secondary N) is 2. The Bertz CT molecular complexity index is 142. The lowest BCUT2D eigenvalue weighted by molar-refractivity contribution is 0.312. The van der Waals surface area contributed by atoms with Crippen LogP contribution in [0, 0.1) is 0 Å². The molecule has 4 nitrogen and oxygen atoms in total. The fourth-order valence-corrected chi connectivity index (χ4v) is 1.53. The highest BCUT2D eigenvalue weighted by molar-refractivity contribution is 8.00. The Morgan fingerprint density at radius 2 is 2.70 bits per heavy atom. The molecule has 0 aromatic heterocycles. The van der Waals surface area contributed by atoms with Crippen molar-refractivity contribution in [1.29, 1.82) is 0 Å². The number of nitrogens with zero attached hydrogens (tertiary/aromatic N) is 2. The first-order chi connectivity index (χ1) is 4.97. The molecule has 10 heavy (non-hydrogen) atoms. The average Bonchev–Trinajstić information content (AvgIpc) is 2.59. The van der Waals surface area contributed by atoms with Crippen molar-refractivity contribution in [2.45, 2.75) is 6.17 Å². The molecule has 1 atom stereocenters. The predicted molar refractivity (Wildman–Crippen MR) is 42.0 cm³/mol. The smallest absolute Gasteiger partial charge is 0.129 e. The van der Waals surface area contributed by atoms with Gasteiger partial charge < -0.3 is 10.7 Å². The van der Waals surface area contributed by atoms with E-state index in [2.05, 4.69) is 15.7 Å². The molecule has 0 aromatic carbocycles. The largest absolute Gasteiger partial charge is 0.357 e. The Morgan fingerprint density at radius 1 is 1.70 bits per heavy atom. The van der Waals surface area contributed by atoms with Crippen LogP contribution in [0.4, 0.5) is 0 Å². The maximum Gasteiger partial charge on any atom is 0.129 e. The van der Waals surface area contributed by atoms with E-state index in [0.29, 0.717) is 6.17 Å². The maximum absolute atomic E-state index is 4.05. The molecule has 0 aliphatic carbocycles. The van der Waals surface area contributed by atoms with E-state index in [1.54, 1.807) is 18.3 Å². The number of hydrogen-bond acceptors (Lipinski definition) is 5. The van der Waals surface area contributed by atoms with Crippen LogP contribution in [0.3, 0.4) is 0 Å². The highest BCUT2D eigenvalue weighted by Crippen LogP contribution is 2.16. The molecule has 0 amide bonds. The molecule has 0 radical (unpaired) electrons. The van der Waals surface area contributed by atoms with Crippen LogP contribution in [0.25, 0.3) is 0 Å². The first-order valence-corrected chi connectivity index (χ1v) is 3.92. The van der Waals surface area contributed by atoms with Crippen LogP contribution in [0.5, 0.6) is 0 Å². The molecule has 0 bridgehead atoms. The topological polar surface area (TPSA) is 39.7 Å². The van der Waals surface area contributed by atoms with Gasteiger partial charge in [-0.1, -0.05) is 0 Å². The quantitative estimate of drug-likeness (QED) is 0.519. The van der Waals surface area contributed by atoms with Crippen LogP contribution in [0.1, 0.15) is 0 Å². The molecule has 0 saturated carbocycles. The molecule has 0 saturated heterocycles. The molecule has 0 fully saturated rings. The van der Waals surface area contributed by atoms with Crippen molar-refractivity contribution in [3.05, 3.63) is 11.6 Å². The van der Waals surface area contributed by atoms with Gasteiger partial charge in [0.2, 0.25) is 0 Å². The van der Waals surface area contributed by atoms with E-state index in [1.807, 2.05) is 16.0 Å². The van der Waals surface area contributed by atoms with E-state index < -0.39 is 0 Å². The number of aliphatic imine (C=N–C) groups is 1. The van der Waals surface area contributed by atoms with Gasteiger partial charge in [0.05, 0.1) is 12.9 Å². The van der Waals surface area contributed by atoms with Gasteiger partial charge in [0, 0.05) is 11.6 Å². The Labute approximate surface area is 63.5 Å². The van der Waals surface area contributed by atoms with Gasteiger partial charge in [-0.05, 0) is 11.9 Å². The highest BCUT2D eigenvalue weighted by atomic mass is 32.2. The molecule has 5 heteroatoms. The summed E-state index contributed by atoms with van der Waals surface area (Å²) in [6.07, 6.45) is 3.95. The maximum atomic E-state index is 4.05. The summed E-state index contributed by atoms with van der Waals surface area (Å²) in [6.45, 7) is 0.821. The van der Waals surface area contributed by atoms with Gasteiger partial charge in [-0.3, -0.25) is 4.99 Å². The van der Waals surface area contributed by atoms with E-state index >= 15 is 0 Å². The van der Waals surface area contributed by atoms with Crippen LogP contribution < -0.4 is 10.7 Å². The zero-order valence-corrected chi connectivity index (χ0v) is 6.14. The summed E-state index contributed by atoms with van der Waals surface area (Å²) in [6, 6.07) is 0. The summed E-state index contributed by atoms with van der Waals surface area (Å²) in [4.78, 5) is 4.05. The van der Waals surface area contributed by atoms with Gasteiger partial charge in [0.15, 0.2) is 0 Å². The molecular weight excluding hydrogens is 148 g/mol. The lowest BCUT2D eigenvalue weighted by Gasteiger charge is -2.20. The Morgan fingerprint density at radius 3 is 3.30 bits per heavy atom. The third-order valence-corrected chi connectivity index (χ3v) is 2.21. The van der Waals surface area contributed by atoms with Crippen molar-refractivity contribution in [1.82, 2.24) is 15.2 Å². The van der Waals surface area contributed by atoms with E-state index in [9.17, 15) is 0 Å². The average molecular weight is 156 g/mol. The summed E-state index contributed by atoms with van der Waals surface area (Å²) < 4.78 is 2.02. The highest BCUT2D eigenvalue weighted by Gasteiger charge is 2.20. The number of rotatable bonds is 1. The van der Waals surface area contributed by atoms with Crippen LogP contribution in [0.2, 0.25) is 0 Å². The molecule has 2 aliphatic rings. The van der Waals surface area contributed by atoms with Crippen molar-refractivity contribution < 1.29 is 0 Å². The summed E-state index contributed by atoms with van der Waals surface area (Å²) >= 11 is 1.64. The van der Waals surface area contributed by atoms with Crippen molar-refractivity contribution in [2.24, 2.45) is 4.99 Å². The zero-order valence-electron chi connectivity index (χ0n) is 5.32. The minimum absolute atomic E-state index is 0.306. The zero-order chi connectivity index (χ0) is 6.81. The van der Waals surface area contributed by atoms with Crippen molar-refractivity contribution in [3.63, 3.8) is 0 Å². The molecule has 54 valence electrons. The summed E-state index contributed by atoms with van der Waals surface area (Å²) in [5.74, 6) is 0. The van der Waals surface area contributed by atoms with Crippen LogP contribution in [-0.2, 0) is 0 Å². The van der Waals surface area contributed by atoms with Crippen LogP contribution >= 0.6 is 11.9 Å². The second-order valence-electron chi connectivity index (χ2n) is 2.04. The molecule has 2 heterocycles. The predicted octanol–water partition coefficient (Wildman–Crippen LogP) is -0.116. The van der Waals surface area contributed by atoms with E-state index in [4.69, 9.17) is 0 Å². The molecule has 2 N–H and O–H groups in total. The summed E-state index contributed by atoms with van der Waals surface area (Å²) in [5, 5.41) is 5.11. The van der Waals surface area contributed by atoms with Gasteiger partial charge in [-0.25, -0.2) is 0 Å². The third-order valence-electron chi connectivity index (χ3n) is 1.36. The van der Waals surface area contributed by atoms with Crippen molar-refractivity contribution in [2.75, 3.05) is 6.54 Å². The van der Waals surface area contributed by atoms with E-state index in [1.165, 1.54) is 0 Å². The molecule has 0 aromatic rings. The first kappa shape index (κ1) is 6.06. The molecule has 1 unspecified atom stereocenters. The first-order valence-electron chi connectivity index (χ1n) is 3.08. The molecule has 2 aliphatic heterocycles. The molecular formula is C5H8N4S. The second kappa shape index (κ2) is 2.51. The lowest BCUT2D eigenvalue weighted by atomic mass is 10.5. The van der Waals surface area contributed by atoms with Gasteiger partial charge in [0.1, 0.15) is 6.17 Å². The van der Waals surface area contributed by atoms with Gasteiger partial charge in [-0.2, -0.15) is 0 Å². The molecule has 0 spiro atoms. The van der Waals surface area contributed by atoms with Crippen LogP contribution in [-0.4, -0.2) is 23.5 Å². The fraction of sp³-hybridized carbons (Fsp3) is 0.400. The van der Waals surface area contributed by atoms with Gasteiger partial charge in [0.25, 0.3) is 0 Å². The van der Waals surface area contributed by atoms with Crippen molar-refractivity contribution >= 4 is 18.3 Å². The Kier molecular flexibility index (Phi) is 1.52. The minimum atomic E-state index is 0.306. The van der Waals surface area contributed by atoms with Crippen LogP contribution in [0.15, 0.2) is 16.6 Å². The van der Waals surface area contributed by atoms with Crippen molar-refractivity contribution in [3.8, 4) is 0 Å². The minimum Gasteiger partial charge on any atom is -0.357 e. The molecule has 2 rings (SSSR count). The summed E-state index contributed by atoms with van der Waals surface area (Å²) in [7, 11) is 0. The SMILES string of the molecule is C1=CSN(C2CN=CN2)N1. The summed E-state index contributed by atoms with van der Waals surface area (Å²) in [5.41, 5.74) is 3.07. The second-order valence-corrected chi connectivity index (χ2v) is 2.92. The van der Waals surface area contributed by atoms with E-state index in [-0.39, 0.29) is 0 Å².